The van der Waals surface area contributed by atoms with Crippen LogP contribution in [-0.4, -0.2) is 54.7 Å². The Hall–Kier alpha value is -2.00. The Bertz CT molecular complexity index is 554. The molecule has 1 heterocycles. The van der Waals surface area contributed by atoms with E-state index in [0.717, 1.165) is 22.9 Å². The largest absolute Gasteiger partial charge is 0.447 e. The van der Waals surface area contributed by atoms with Crippen molar-refractivity contribution in [2.75, 3.05) is 43.5 Å². The number of aliphatic hydroxyl groups is 1. The van der Waals surface area contributed by atoms with E-state index in [9.17, 15) is 14.9 Å². The number of ether oxygens (including phenoxy) is 1. The smallest absolute Gasteiger partial charge is 0.407 e. The molecule has 1 amide bonds. The minimum absolute atomic E-state index is 0.0405. The Balaban J connectivity index is 1.95. The van der Waals surface area contributed by atoms with Crippen molar-refractivity contribution in [2.45, 2.75) is 4.90 Å². The van der Waals surface area contributed by atoms with E-state index < -0.39 is 11.0 Å². The Kier molecular flexibility index (Phi) is 5.84. The average Bonchev–Trinajstić information content (AvgIpc) is 2.52. The standard InChI is InChI=1S/C13H17N3O5S/c17-6-7-21-13(18)14-3-4-15-5-8-22-12-2-1-10(16(19)20)9-11(12)15/h1-2,9,17H,3-8H2,(H,14,18). The van der Waals surface area contributed by atoms with E-state index in [4.69, 9.17) is 5.11 Å². The van der Waals surface area contributed by atoms with Crippen molar-refractivity contribution in [1.29, 1.82) is 0 Å². The van der Waals surface area contributed by atoms with Gasteiger partial charge in [0.05, 0.1) is 17.2 Å². The number of rotatable bonds is 6. The van der Waals surface area contributed by atoms with E-state index in [1.807, 2.05) is 4.90 Å². The SMILES string of the molecule is O=C(NCCN1CCSc2ccc([N+](=O)[O-])cc21)OCCO. The summed E-state index contributed by atoms with van der Waals surface area (Å²) in [6.45, 7) is 1.39. The molecule has 8 nitrogen and oxygen atoms in total. The number of thioether (sulfide) groups is 1. The summed E-state index contributed by atoms with van der Waals surface area (Å²) >= 11 is 1.66. The second-order valence-electron chi connectivity index (χ2n) is 4.53. The molecule has 0 atom stereocenters. The number of hydrogen-bond acceptors (Lipinski definition) is 7. The molecule has 0 radical (unpaired) electrons. The lowest BCUT2D eigenvalue weighted by Gasteiger charge is -2.30. The average molecular weight is 327 g/mol. The molecule has 1 aromatic carbocycles. The molecule has 1 aliphatic heterocycles. The quantitative estimate of drug-likeness (QED) is 0.598. The van der Waals surface area contributed by atoms with Gasteiger partial charge >= 0.3 is 6.09 Å². The normalized spacial score (nSPS) is 13.4. The molecule has 2 N–H and O–H groups in total. The van der Waals surface area contributed by atoms with Crippen LogP contribution >= 0.6 is 11.8 Å². The fourth-order valence-electron chi connectivity index (χ4n) is 2.09. The lowest BCUT2D eigenvalue weighted by Crippen LogP contribution is -2.38. The van der Waals surface area contributed by atoms with Gasteiger partial charge in [0.2, 0.25) is 0 Å². The minimum atomic E-state index is -0.584. The van der Waals surface area contributed by atoms with Gasteiger partial charge in [-0.05, 0) is 6.07 Å². The predicted octanol–water partition coefficient (Wildman–Crippen LogP) is 1.23. The molecule has 0 aliphatic carbocycles. The molecule has 1 aliphatic rings. The summed E-state index contributed by atoms with van der Waals surface area (Å²) in [4.78, 5) is 24.8. The molecule has 0 spiro atoms. The van der Waals surface area contributed by atoms with Crippen molar-refractivity contribution in [3.8, 4) is 0 Å². The molecule has 120 valence electrons. The first kappa shape index (κ1) is 16.4. The maximum atomic E-state index is 11.3. The number of non-ortho nitro benzene ring substituents is 1. The van der Waals surface area contributed by atoms with Crippen molar-refractivity contribution in [2.24, 2.45) is 0 Å². The van der Waals surface area contributed by atoms with Crippen molar-refractivity contribution in [1.82, 2.24) is 5.32 Å². The number of aliphatic hydroxyl groups excluding tert-OH is 1. The number of hydrogen-bond donors (Lipinski definition) is 2. The van der Waals surface area contributed by atoms with Gasteiger partial charge in [0.15, 0.2) is 0 Å². The first-order valence-electron chi connectivity index (χ1n) is 6.79. The van der Waals surface area contributed by atoms with Crippen molar-refractivity contribution in [3.63, 3.8) is 0 Å². The fraction of sp³-hybridized carbons (Fsp3) is 0.462. The molecular weight excluding hydrogens is 310 g/mol. The molecule has 0 saturated heterocycles. The first-order valence-corrected chi connectivity index (χ1v) is 7.78. The van der Waals surface area contributed by atoms with Crippen LogP contribution in [0.15, 0.2) is 23.1 Å². The number of carbonyl (C=O) groups excluding carboxylic acids is 1. The van der Waals surface area contributed by atoms with Gasteiger partial charge in [-0.25, -0.2) is 4.79 Å². The van der Waals surface area contributed by atoms with E-state index >= 15 is 0 Å². The number of fused-ring (bicyclic) bond motifs is 1. The maximum Gasteiger partial charge on any atom is 0.407 e. The number of anilines is 1. The molecule has 0 fully saturated rings. The molecule has 22 heavy (non-hydrogen) atoms. The highest BCUT2D eigenvalue weighted by molar-refractivity contribution is 7.99. The second-order valence-corrected chi connectivity index (χ2v) is 5.67. The van der Waals surface area contributed by atoms with Crippen LogP contribution in [0.1, 0.15) is 0 Å². The van der Waals surface area contributed by atoms with E-state index in [2.05, 4.69) is 10.1 Å². The first-order chi connectivity index (χ1) is 10.6. The zero-order valence-corrected chi connectivity index (χ0v) is 12.7. The Morgan fingerprint density at radius 1 is 1.55 bits per heavy atom. The highest BCUT2D eigenvalue weighted by Crippen LogP contribution is 2.36. The summed E-state index contributed by atoms with van der Waals surface area (Å²) in [5.74, 6) is 0.889. The summed E-state index contributed by atoms with van der Waals surface area (Å²) in [5, 5.41) is 22.0. The Labute approximate surface area is 131 Å². The third-order valence-electron chi connectivity index (χ3n) is 3.09. The summed E-state index contributed by atoms with van der Waals surface area (Å²) in [6.07, 6.45) is -0.584. The maximum absolute atomic E-state index is 11.3. The highest BCUT2D eigenvalue weighted by Gasteiger charge is 2.20. The van der Waals surface area contributed by atoms with Crippen LogP contribution in [0.4, 0.5) is 16.2 Å². The van der Waals surface area contributed by atoms with Gasteiger partial charge < -0.3 is 20.1 Å². The Morgan fingerprint density at radius 3 is 3.09 bits per heavy atom. The predicted molar refractivity (Wildman–Crippen MR) is 82.5 cm³/mol. The van der Waals surface area contributed by atoms with Crippen molar-refractivity contribution >= 4 is 29.2 Å². The molecular formula is C13H17N3O5S. The third kappa shape index (κ3) is 4.25. The summed E-state index contributed by atoms with van der Waals surface area (Å²) in [6, 6.07) is 4.82. The van der Waals surface area contributed by atoms with Crippen LogP contribution in [-0.2, 0) is 4.74 Å². The van der Waals surface area contributed by atoms with Crippen LogP contribution in [0.5, 0.6) is 0 Å². The van der Waals surface area contributed by atoms with Crippen LogP contribution in [0.2, 0.25) is 0 Å². The number of nitro benzene ring substituents is 1. The zero-order chi connectivity index (χ0) is 15.9. The van der Waals surface area contributed by atoms with Gasteiger partial charge in [-0.2, -0.15) is 0 Å². The van der Waals surface area contributed by atoms with Crippen LogP contribution in [0, 0.1) is 10.1 Å². The Morgan fingerprint density at radius 2 is 2.36 bits per heavy atom. The zero-order valence-electron chi connectivity index (χ0n) is 11.9. The number of nitro groups is 1. The molecule has 1 aromatic rings. The van der Waals surface area contributed by atoms with E-state index in [1.165, 1.54) is 6.07 Å². The van der Waals surface area contributed by atoms with E-state index in [1.54, 1.807) is 23.9 Å². The number of nitrogens with zero attached hydrogens (tertiary/aromatic N) is 2. The van der Waals surface area contributed by atoms with Gasteiger partial charge in [0.25, 0.3) is 5.69 Å². The van der Waals surface area contributed by atoms with Crippen molar-refractivity contribution in [3.05, 3.63) is 28.3 Å². The fourth-order valence-corrected chi connectivity index (χ4v) is 3.12. The van der Waals surface area contributed by atoms with Crippen LogP contribution in [0.3, 0.4) is 0 Å². The summed E-state index contributed by atoms with van der Waals surface area (Å²) in [5.41, 5.74) is 0.873. The van der Waals surface area contributed by atoms with Crippen molar-refractivity contribution < 1.29 is 19.6 Å². The highest BCUT2D eigenvalue weighted by atomic mass is 32.2. The van der Waals surface area contributed by atoms with Gasteiger partial charge in [-0.1, -0.05) is 0 Å². The van der Waals surface area contributed by atoms with E-state index in [0.29, 0.717) is 13.1 Å². The van der Waals surface area contributed by atoms with E-state index in [-0.39, 0.29) is 18.9 Å². The topological polar surface area (TPSA) is 105 Å². The number of amides is 1. The number of alkyl carbamates (subject to hydrolysis) is 1. The molecule has 0 unspecified atom stereocenters. The van der Waals surface area contributed by atoms with Crippen LogP contribution < -0.4 is 10.2 Å². The van der Waals surface area contributed by atoms with Gasteiger partial charge in [-0.3, -0.25) is 10.1 Å². The van der Waals surface area contributed by atoms with Gasteiger partial charge in [0, 0.05) is 42.4 Å². The van der Waals surface area contributed by atoms with Gasteiger partial charge in [0.1, 0.15) is 6.61 Å². The monoisotopic (exact) mass is 327 g/mol. The second kappa shape index (κ2) is 7.85. The molecule has 2 rings (SSSR count). The van der Waals surface area contributed by atoms with Crippen LogP contribution in [0.25, 0.3) is 0 Å². The molecule has 9 heteroatoms. The molecule has 0 aromatic heterocycles. The lowest BCUT2D eigenvalue weighted by atomic mass is 10.2. The number of benzene rings is 1. The van der Waals surface area contributed by atoms with Gasteiger partial charge in [-0.15, -0.1) is 11.8 Å². The molecule has 0 bridgehead atoms. The summed E-state index contributed by atoms with van der Waals surface area (Å²) < 4.78 is 4.69. The lowest BCUT2D eigenvalue weighted by molar-refractivity contribution is -0.384. The molecule has 0 saturated carbocycles. The minimum Gasteiger partial charge on any atom is -0.447 e. The summed E-state index contributed by atoms with van der Waals surface area (Å²) in [7, 11) is 0. The number of carbonyl (C=O) groups is 1. The number of nitrogens with one attached hydrogen (secondary N) is 1. The third-order valence-corrected chi connectivity index (χ3v) is 4.13.